The van der Waals surface area contributed by atoms with Gasteiger partial charge in [0.15, 0.2) is 0 Å². The smallest absolute Gasteiger partial charge is 0.406 e. The van der Waals surface area contributed by atoms with Crippen LogP contribution in [0.5, 0.6) is 5.75 Å². The van der Waals surface area contributed by atoms with Crippen LogP contribution in [0, 0.1) is 6.92 Å². The summed E-state index contributed by atoms with van der Waals surface area (Å²) in [6, 6.07) is 12.8. The minimum atomic E-state index is -4.77. The molecule has 0 fully saturated rings. The minimum absolute atomic E-state index is 0.0127. The number of rotatable bonds is 5. The average molecular weight is 415 g/mol. The predicted octanol–water partition coefficient (Wildman–Crippen LogP) is 5.07. The number of thiophene rings is 1. The van der Waals surface area contributed by atoms with Crippen LogP contribution in [0.4, 0.5) is 18.2 Å². The Morgan fingerprint density at radius 3 is 2.26 bits per heavy atom. The van der Waals surface area contributed by atoms with Crippen molar-refractivity contribution in [2.75, 3.05) is 10.6 Å². The summed E-state index contributed by atoms with van der Waals surface area (Å²) >= 11 is 1.36. The van der Waals surface area contributed by atoms with Gasteiger partial charge in [-0.3, -0.25) is 4.31 Å². The first-order chi connectivity index (χ1) is 12.5. The summed E-state index contributed by atoms with van der Waals surface area (Å²) in [7, 11) is -3.59. The van der Waals surface area contributed by atoms with Crippen molar-refractivity contribution in [3.8, 4) is 5.75 Å². The molecule has 0 atom stereocenters. The number of benzene rings is 2. The van der Waals surface area contributed by atoms with E-state index in [4.69, 9.17) is 0 Å². The Morgan fingerprint density at radius 2 is 1.70 bits per heavy atom. The van der Waals surface area contributed by atoms with Crippen LogP contribution in [0.3, 0.4) is 0 Å². The van der Waals surface area contributed by atoms with Crippen LogP contribution < -0.4 is 9.04 Å². The largest absolute Gasteiger partial charge is 0.573 e. The lowest BCUT2D eigenvalue weighted by Crippen LogP contribution is -2.29. The summed E-state index contributed by atoms with van der Waals surface area (Å²) in [5, 5.41) is 1.56. The van der Waals surface area contributed by atoms with Crippen LogP contribution in [-0.2, 0) is 16.6 Å². The first-order valence-electron chi connectivity index (χ1n) is 7.85. The number of sulfonamides is 1. The highest BCUT2D eigenvalue weighted by Gasteiger charge is 2.31. The van der Waals surface area contributed by atoms with Gasteiger partial charge in [-0.15, -0.1) is 24.5 Å². The standard InChI is InChI=1S/C18H16F3NO3S2/c1-12-15-5-3-4-6-16(15)26-17(12)22(27(2,23)24)11-13-7-9-14(10-8-13)25-18(19,20)21/h3-10H,11H2,1-2H3. The fraction of sp³-hybridized carbons (Fsp3) is 0.222. The van der Waals surface area contributed by atoms with E-state index in [9.17, 15) is 21.6 Å². The summed E-state index contributed by atoms with van der Waals surface area (Å²) < 4.78 is 67.6. The number of fused-ring (bicyclic) bond motifs is 1. The molecule has 27 heavy (non-hydrogen) atoms. The van der Waals surface area contributed by atoms with Gasteiger partial charge in [0, 0.05) is 4.70 Å². The van der Waals surface area contributed by atoms with Crippen LogP contribution in [0.25, 0.3) is 10.1 Å². The lowest BCUT2D eigenvalue weighted by Gasteiger charge is -2.22. The number of ether oxygens (including phenoxy) is 1. The van der Waals surface area contributed by atoms with Gasteiger partial charge in [-0.1, -0.05) is 30.3 Å². The van der Waals surface area contributed by atoms with Crippen molar-refractivity contribution >= 4 is 36.4 Å². The molecule has 3 rings (SSSR count). The Bertz CT molecular complexity index is 1060. The number of nitrogens with zero attached hydrogens (tertiary/aromatic N) is 1. The van der Waals surface area contributed by atoms with Crippen LogP contribution in [0.1, 0.15) is 11.1 Å². The molecule has 1 heterocycles. The first-order valence-corrected chi connectivity index (χ1v) is 10.5. The van der Waals surface area contributed by atoms with Gasteiger partial charge in [0.05, 0.1) is 12.8 Å². The van der Waals surface area contributed by atoms with E-state index in [1.165, 1.54) is 39.9 Å². The van der Waals surface area contributed by atoms with Crippen molar-refractivity contribution in [2.45, 2.75) is 19.8 Å². The Morgan fingerprint density at radius 1 is 1.07 bits per heavy atom. The number of anilines is 1. The zero-order valence-electron chi connectivity index (χ0n) is 14.4. The molecular formula is C18H16F3NO3S2. The molecule has 0 N–H and O–H groups in total. The summed E-state index contributed by atoms with van der Waals surface area (Å²) in [4.78, 5) is 0. The first kappa shape index (κ1) is 19.5. The van der Waals surface area contributed by atoms with Crippen LogP contribution in [0.15, 0.2) is 48.5 Å². The predicted molar refractivity (Wildman–Crippen MR) is 101 cm³/mol. The van der Waals surface area contributed by atoms with E-state index in [0.29, 0.717) is 10.6 Å². The third-order valence-electron chi connectivity index (χ3n) is 3.93. The van der Waals surface area contributed by atoms with E-state index in [1.807, 2.05) is 31.2 Å². The number of hydrogen-bond donors (Lipinski definition) is 0. The second-order valence-electron chi connectivity index (χ2n) is 5.99. The summed E-state index contributed by atoms with van der Waals surface area (Å²) in [6.45, 7) is 1.87. The lowest BCUT2D eigenvalue weighted by atomic mass is 10.2. The highest BCUT2D eigenvalue weighted by Crippen LogP contribution is 2.39. The molecule has 0 saturated heterocycles. The maximum atomic E-state index is 12.4. The summed E-state index contributed by atoms with van der Waals surface area (Å²) in [6.07, 6.45) is -3.66. The van der Waals surface area contributed by atoms with Crippen molar-refractivity contribution in [3.05, 3.63) is 59.7 Å². The van der Waals surface area contributed by atoms with Gasteiger partial charge in [-0.05, 0) is 41.6 Å². The van der Waals surface area contributed by atoms with Crippen LogP contribution in [-0.4, -0.2) is 21.0 Å². The Labute approximate surface area is 158 Å². The molecule has 0 spiro atoms. The lowest BCUT2D eigenvalue weighted by molar-refractivity contribution is -0.274. The molecule has 144 valence electrons. The van der Waals surface area contributed by atoms with Gasteiger partial charge >= 0.3 is 6.36 Å². The van der Waals surface area contributed by atoms with E-state index in [0.717, 1.165) is 21.9 Å². The zero-order valence-corrected chi connectivity index (χ0v) is 16.1. The zero-order chi connectivity index (χ0) is 19.8. The molecule has 0 amide bonds. The molecule has 0 aliphatic heterocycles. The van der Waals surface area contributed by atoms with Gasteiger partial charge in [0.25, 0.3) is 0 Å². The maximum Gasteiger partial charge on any atom is 0.573 e. The quantitative estimate of drug-likeness (QED) is 0.584. The average Bonchev–Trinajstić information content (AvgIpc) is 2.89. The second kappa shape index (κ2) is 7.05. The fourth-order valence-electron chi connectivity index (χ4n) is 2.70. The van der Waals surface area contributed by atoms with Gasteiger partial charge in [-0.2, -0.15) is 0 Å². The molecule has 3 aromatic rings. The van der Waals surface area contributed by atoms with Crippen molar-refractivity contribution < 1.29 is 26.3 Å². The van der Waals surface area contributed by atoms with Gasteiger partial charge in [0.2, 0.25) is 10.0 Å². The Hall–Kier alpha value is -2.26. The number of halogens is 3. The molecule has 0 aliphatic carbocycles. The molecule has 0 unspecified atom stereocenters. The van der Waals surface area contributed by atoms with Gasteiger partial charge in [0.1, 0.15) is 10.8 Å². The van der Waals surface area contributed by atoms with Crippen LogP contribution >= 0.6 is 11.3 Å². The molecule has 1 aromatic heterocycles. The monoisotopic (exact) mass is 415 g/mol. The third kappa shape index (κ3) is 4.54. The fourth-order valence-corrected chi connectivity index (χ4v) is 5.16. The van der Waals surface area contributed by atoms with Gasteiger partial charge < -0.3 is 4.74 Å². The van der Waals surface area contributed by atoms with Gasteiger partial charge in [-0.25, -0.2) is 8.42 Å². The van der Waals surface area contributed by atoms with E-state index in [-0.39, 0.29) is 12.3 Å². The Balaban J connectivity index is 1.94. The maximum absolute atomic E-state index is 12.4. The molecule has 0 aliphatic rings. The third-order valence-corrected chi connectivity index (χ3v) is 6.45. The van der Waals surface area contributed by atoms with Crippen LogP contribution in [0.2, 0.25) is 0 Å². The van der Waals surface area contributed by atoms with E-state index < -0.39 is 16.4 Å². The minimum Gasteiger partial charge on any atom is -0.406 e. The van der Waals surface area contributed by atoms with E-state index >= 15 is 0 Å². The summed E-state index contributed by atoms with van der Waals surface area (Å²) in [5.74, 6) is -0.352. The number of alkyl halides is 3. The molecule has 0 saturated carbocycles. The highest BCUT2D eigenvalue weighted by atomic mass is 32.2. The summed E-state index contributed by atoms with van der Waals surface area (Å²) in [5.41, 5.74) is 1.39. The molecule has 0 bridgehead atoms. The normalized spacial score (nSPS) is 12.3. The van der Waals surface area contributed by atoms with Crippen molar-refractivity contribution in [2.24, 2.45) is 0 Å². The highest BCUT2D eigenvalue weighted by molar-refractivity contribution is 7.92. The molecule has 9 heteroatoms. The van der Waals surface area contributed by atoms with Crippen molar-refractivity contribution in [1.29, 1.82) is 0 Å². The molecule has 2 aromatic carbocycles. The van der Waals surface area contributed by atoms with E-state index in [1.54, 1.807) is 0 Å². The number of hydrogen-bond acceptors (Lipinski definition) is 4. The Kier molecular flexibility index (Phi) is 5.09. The number of aryl methyl sites for hydroxylation is 1. The SMILES string of the molecule is Cc1c(N(Cc2ccc(OC(F)(F)F)cc2)S(C)(=O)=O)sc2ccccc12. The molecule has 4 nitrogen and oxygen atoms in total. The topological polar surface area (TPSA) is 46.6 Å². The van der Waals surface area contributed by atoms with Crippen molar-refractivity contribution in [1.82, 2.24) is 0 Å². The molecule has 0 radical (unpaired) electrons. The second-order valence-corrected chi connectivity index (χ2v) is 8.93. The van der Waals surface area contributed by atoms with E-state index in [2.05, 4.69) is 4.74 Å². The van der Waals surface area contributed by atoms with Crippen molar-refractivity contribution in [3.63, 3.8) is 0 Å². The molecular weight excluding hydrogens is 399 g/mol.